The monoisotopic (exact) mass is 652 g/mol. The second-order valence-electron chi connectivity index (χ2n) is 12.0. The van der Waals surface area contributed by atoms with Crippen molar-refractivity contribution in [1.29, 1.82) is 0 Å². The van der Waals surface area contributed by atoms with Gasteiger partial charge in [-0.15, -0.1) is 6.58 Å². The molecule has 2 aromatic rings. The first kappa shape index (κ1) is 35.5. The van der Waals surface area contributed by atoms with Crippen LogP contribution in [0.15, 0.2) is 55.1 Å². The van der Waals surface area contributed by atoms with Crippen LogP contribution in [-0.2, 0) is 28.1 Å². The van der Waals surface area contributed by atoms with Crippen molar-refractivity contribution in [2.75, 3.05) is 6.54 Å². The molecule has 1 saturated heterocycles. The lowest BCUT2D eigenvalue weighted by Gasteiger charge is -2.43. The van der Waals surface area contributed by atoms with Gasteiger partial charge in [0.05, 0.1) is 57.2 Å². The summed E-state index contributed by atoms with van der Waals surface area (Å²) in [7, 11) is -1.71. The van der Waals surface area contributed by atoms with Crippen LogP contribution in [0.5, 0.6) is 0 Å². The van der Waals surface area contributed by atoms with Gasteiger partial charge in [-0.1, -0.05) is 18.2 Å². The minimum Gasteiger partial charge on any atom is -0.465 e. The van der Waals surface area contributed by atoms with Crippen molar-refractivity contribution in [3.8, 4) is 0 Å². The first-order chi connectivity index (χ1) is 20.1. The van der Waals surface area contributed by atoms with Gasteiger partial charge in [-0.05, 0) is 82.5 Å². The number of nitrogens with one attached hydrogen (secondary N) is 1. The molecule has 0 spiro atoms. The highest BCUT2D eigenvalue weighted by molar-refractivity contribution is 7.84. The van der Waals surface area contributed by atoms with E-state index in [-0.39, 0.29) is 19.0 Å². The fourth-order valence-electron chi connectivity index (χ4n) is 5.41. The first-order valence-corrected chi connectivity index (χ1v) is 14.7. The van der Waals surface area contributed by atoms with Crippen molar-refractivity contribution in [3.05, 3.63) is 83.2 Å². The lowest BCUT2D eigenvalue weighted by atomic mass is 9.77. The van der Waals surface area contributed by atoms with Gasteiger partial charge >= 0.3 is 18.4 Å². The van der Waals surface area contributed by atoms with E-state index in [1.165, 1.54) is 25.1 Å². The third kappa shape index (κ3) is 7.99. The molecule has 0 aliphatic carbocycles. The number of amides is 1. The van der Waals surface area contributed by atoms with Crippen molar-refractivity contribution in [2.24, 2.45) is 0 Å². The number of nitrogens with zero attached hydrogens (tertiary/aromatic N) is 1. The molecule has 244 valence electrons. The van der Waals surface area contributed by atoms with Crippen molar-refractivity contribution in [3.63, 3.8) is 0 Å². The Morgan fingerprint density at radius 3 is 2.02 bits per heavy atom. The van der Waals surface area contributed by atoms with Gasteiger partial charge in [0.25, 0.3) is 0 Å². The molecule has 2 aromatic carbocycles. The molecule has 0 radical (unpaired) electrons. The van der Waals surface area contributed by atoms with Crippen molar-refractivity contribution >= 4 is 17.1 Å². The zero-order chi connectivity index (χ0) is 33.4. The van der Waals surface area contributed by atoms with E-state index in [2.05, 4.69) is 11.3 Å². The van der Waals surface area contributed by atoms with Crippen LogP contribution in [0.2, 0.25) is 0 Å². The number of alkyl halides is 6. The number of carboxylic acid groups (broad SMARTS) is 1. The van der Waals surface area contributed by atoms with Crippen LogP contribution in [0.25, 0.3) is 0 Å². The molecule has 1 fully saturated rings. The topological polar surface area (TPSA) is 78.9 Å². The fourth-order valence-corrected chi connectivity index (χ4v) is 6.34. The number of ether oxygens (including phenoxy) is 1. The Kier molecular flexibility index (Phi) is 10.3. The van der Waals surface area contributed by atoms with Crippen LogP contribution < -0.4 is 4.72 Å². The number of hydrogen-bond acceptors (Lipinski definition) is 3. The van der Waals surface area contributed by atoms with E-state index < -0.39 is 86.4 Å². The number of benzene rings is 2. The highest BCUT2D eigenvalue weighted by atomic mass is 32.2. The lowest BCUT2D eigenvalue weighted by molar-refractivity contribution is -0.143. The maximum absolute atomic E-state index is 13.9. The van der Waals surface area contributed by atoms with E-state index in [0.29, 0.717) is 17.7 Å². The molecule has 6 atom stereocenters. The third-order valence-electron chi connectivity index (χ3n) is 7.52. The first-order valence-electron chi connectivity index (χ1n) is 13.6. The molecule has 1 aliphatic rings. The fraction of sp³-hybridized carbons (Fsp3) is 0.500. The van der Waals surface area contributed by atoms with E-state index in [9.17, 15) is 44.8 Å². The zero-order valence-electron chi connectivity index (χ0n) is 24.7. The summed E-state index contributed by atoms with van der Waals surface area (Å²) in [5, 5.41) is 10.3. The van der Waals surface area contributed by atoms with Gasteiger partial charge in [0.15, 0.2) is 0 Å². The van der Waals surface area contributed by atoms with Crippen molar-refractivity contribution in [1.82, 2.24) is 9.62 Å². The van der Waals surface area contributed by atoms with Crippen LogP contribution in [-0.4, -0.2) is 49.3 Å². The quantitative estimate of drug-likeness (QED) is 0.214. The summed E-state index contributed by atoms with van der Waals surface area (Å²) in [6, 6.07) is 5.18. The molecule has 0 saturated carbocycles. The normalized spacial score (nSPS) is 22.4. The van der Waals surface area contributed by atoms with E-state index in [1.54, 1.807) is 27.7 Å². The van der Waals surface area contributed by atoms with Crippen LogP contribution in [0.4, 0.5) is 35.5 Å². The lowest BCUT2D eigenvalue weighted by Crippen LogP contribution is -2.61. The third-order valence-corrected chi connectivity index (χ3v) is 9.28. The van der Waals surface area contributed by atoms with Gasteiger partial charge in [-0.2, -0.15) is 26.3 Å². The highest BCUT2D eigenvalue weighted by Gasteiger charge is 2.54. The Bertz CT molecular complexity index is 1340. The molecule has 0 aromatic heterocycles. The Labute approximate surface area is 253 Å². The zero-order valence-corrected chi connectivity index (χ0v) is 25.5. The SMILES string of the molecule is C=CCC(C)(NS(=O)C(C)(C)C)[C@H]1[C@H](c2ccc(F)cc2)[C@@H](O[C@H](C)c2cc(C(F)(F)F)cc(C(F)(F)F)c2)CN1C(=O)O. The summed E-state index contributed by atoms with van der Waals surface area (Å²) in [5.74, 6) is -1.51. The van der Waals surface area contributed by atoms with Crippen molar-refractivity contribution in [2.45, 2.75) is 87.8 Å². The van der Waals surface area contributed by atoms with Gasteiger partial charge in [0, 0.05) is 5.92 Å². The number of rotatable bonds is 9. The second-order valence-corrected chi connectivity index (χ2v) is 14.0. The summed E-state index contributed by atoms with van der Waals surface area (Å²) in [6.07, 6.45) is -12.4. The maximum Gasteiger partial charge on any atom is 0.416 e. The van der Waals surface area contributed by atoms with Crippen LogP contribution >= 0.6 is 0 Å². The largest absolute Gasteiger partial charge is 0.465 e. The average Bonchev–Trinajstić information content (AvgIpc) is 3.27. The summed E-state index contributed by atoms with van der Waals surface area (Å²) in [4.78, 5) is 13.7. The molecule has 14 heteroatoms. The Morgan fingerprint density at radius 1 is 1.07 bits per heavy atom. The van der Waals surface area contributed by atoms with Gasteiger partial charge in [0.1, 0.15) is 5.82 Å². The summed E-state index contributed by atoms with van der Waals surface area (Å²) >= 11 is 0. The van der Waals surface area contributed by atoms with E-state index in [1.807, 2.05) is 0 Å². The average molecular weight is 653 g/mol. The summed E-state index contributed by atoms with van der Waals surface area (Å²) in [6.45, 7) is 11.5. The minimum atomic E-state index is -5.08. The molecule has 6 nitrogen and oxygen atoms in total. The molecule has 0 bridgehead atoms. The highest BCUT2D eigenvalue weighted by Crippen LogP contribution is 2.45. The number of hydrogen-bond donors (Lipinski definition) is 2. The molecule has 1 heterocycles. The minimum absolute atomic E-state index is 0.0109. The van der Waals surface area contributed by atoms with Crippen LogP contribution in [0, 0.1) is 5.82 Å². The molecule has 2 unspecified atom stereocenters. The van der Waals surface area contributed by atoms with Gasteiger partial charge in [-0.25, -0.2) is 18.1 Å². The number of carbonyl (C=O) groups is 1. The standard InChI is InChI=1S/C30H35F7N2O4S/c1-7-12-28(6,38-44(42)27(3,4)5)25-24(18-8-10-22(31)11-9-18)23(16-39(25)26(40)41)43-17(2)19-13-20(29(32,33)34)15-21(14-19)30(35,36)37/h7-11,13-15,17,23-25,38H,1,12,16H2,2-6H3,(H,40,41)/t17-,23+,24-,25-,28?,44?/m1/s1. The molecular weight excluding hydrogens is 617 g/mol. The Hall–Kier alpha value is -2.97. The number of halogens is 7. The van der Waals surface area contributed by atoms with E-state index in [4.69, 9.17) is 4.74 Å². The molecule has 44 heavy (non-hydrogen) atoms. The van der Waals surface area contributed by atoms with E-state index >= 15 is 0 Å². The van der Waals surface area contributed by atoms with Gasteiger partial charge in [-0.3, -0.25) is 0 Å². The van der Waals surface area contributed by atoms with Crippen molar-refractivity contribution < 1.29 is 49.6 Å². The second kappa shape index (κ2) is 12.8. The summed E-state index contributed by atoms with van der Waals surface area (Å²) in [5.41, 5.74) is -4.32. The van der Waals surface area contributed by atoms with Crippen LogP contribution in [0.1, 0.15) is 75.3 Å². The molecule has 1 aliphatic heterocycles. The smallest absolute Gasteiger partial charge is 0.416 e. The number of likely N-dealkylation sites (tertiary alicyclic amines) is 1. The molecule has 3 rings (SSSR count). The predicted molar refractivity (Wildman–Crippen MR) is 152 cm³/mol. The molecular formula is C30H35F7N2O4S. The van der Waals surface area contributed by atoms with Gasteiger partial charge in [0.2, 0.25) is 0 Å². The maximum atomic E-state index is 13.9. The Balaban J connectivity index is 2.16. The molecule has 1 amide bonds. The van der Waals surface area contributed by atoms with Gasteiger partial charge < -0.3 is 14.7 Å². The summed E-state index contributed by atoms with van der Waals surface area (Å²) < 4.78 is 117. The van der Waals surface area contributed by atoms with Crippen LogP contribution in [0.3, 0.4) is 0 Å². The van der Waals surface area contributed by atoms with E-state index in [0.717, 1.165) is 17.0 Å². The predicted octanol–water partition coefficient (Wildman–Crippen LogP) is 7.84. The Morgan fingerprint density at radius 2 is 1.59 bits per heavy atom. The molecule has 2 N–H and O–H groups in total.